The van der Waals surface area contributed by atoms with Crippen LogP contribution in [0.4, 0.5) is 11.9 Å². The van der Waals surface area contributed by atoms with Crippen LogP contribution in [0, 0.1) is 0 Å². The third-order valence-corrected chi connectivity index (χ3v) is 3.94. The Bertz CT molecular complexity index is 631. The van der Waals surface area contributed by atoms with Crippen LogP contribution < -0.4 is 16.8 Å². The minimum absolute atomic E-state index is 0.00259. The number of rotatable bonds is 7. The fraction of sp³-hybridized carbons (Fsp3) is 0.333. The molecule has 5 N–H and O–H groups in total. The van der Waals surface area contributed by atoms with Gasteiger partial charge in [0, 0.05) is 0 Å². The van der Waals surface area contributed by atoms with Gasteiger partial charge < -0.3 is 16.8 Å². The van der Waals surface area contributed by atoms with Gasteiger partial charge in [-0.15, -0.1) is 0 Å². The molecule has 0 radical (unpaired) electrons. The molecule has 1 aromatic carbocycles. The van der Waals surface area contributed by atoms with E-state index in [1.807, 2.05) is 30.3 Å². The number of carbonyl (C=O) groups excluding carboxylic acids is 1. The van der Waals surface area contributed by atoms with E-state index in [2.05, 4.69) is 27.2 Å². The molecule has 0 aliphatic carbocycles. The summed E-state index contributed by atoms with van der Waals surface area (Å²) in [5, 5.41) is 3.38. The van der Waals surface area contributed by atoms with Gasteiger partial charge in [-0.2, -0.15) is 15.0 Å². The number of thioether (sulfide) groups is 1. The molecule has 7 nitrogen and oxygen atoms in total. The number of nitrogens with two attached hydrogens (primary N) is 2. The predicted molar refractivity (Wildman–Crippen MR) is 91.6 cm³/mol. The zero-order valence-corrected chi connectivity index (χ0v) is 13.7. The van der Waals surface area contributed by atoms with E-state index in [1.165, 1.54) is 11.8 Å². The number of carbonyl (C=O) groups is 1. The second-order valence-corrected chi connectivity index (χ2v) is 5.89. The molecule has 0 saturated heterocycles. The molecular weight excluding hydrogens is 312 g/mol. The number of nitrogens with one attached hydrogen (secondary N) is 1. The van der Waals surface area contributed by atoms with Gasteiger partial charge >= 0.3 is 0 Å². The molecule has 1 amide bonds. The second kappa shape index (κ2) is 8.33. The minimum Gasteiger partial charge on any atom is -0.368 e. The lowest BCUT2D eigenvalue weighted by Gasteiger charge is -2.18. The Balaban J connectivity index is 1.94. The Kier molecular flexibility index (Phi) is 6.16. The van der Waals surface area contributed by atoms with Crippen molar-refractivity contribution in [1.29, 1.82) is 0 Å². The monoisotopic (exact) mass is 332 g/mol. The first-order valence-corrected chi connectivity index (χ1v) is 8.31. The molecule has 1 heterocycles. The van der Waals surface area contributed by atoms with Gasteiger partial charge in [0.15, 0.2) is 5.16 Å². The Morgan fingerprint density at radius 3 is 2.43 bits per heavy atom. The van der Waals surface area contributed by atoms with E-state index >= 15 is 0 Å². The molecule has 0 saturated carbocycles. The minimum atomic E-state index is -0.0881. The number of amides is 1. The van der Waals surface area contributed by atoms with Crippen molar-refractivity contribution in [2.45, 2.75) is 31.0 Å². The van der Waals surface area contributed by atoms with Crippen molar-refractivity contribution < 1.29 is 4.79 Å². The predicted octanol–water partition coefficient (Wildman–Crippen LogP) is 1.79. The van der Waals surface area contributed by atoms with Crippen molar-refractivity contribution >= 4 is 29.6 Å². The summed E-state index contributed by atoms with van der Waals surface area (Å²) in [6, 6.07) is 9.93. The third-order valence-electron chi connectivity index (χ3n) is 3.10. The average Bonchev–Trinajstić information content (AvgIpc) is 2.52. The van der Waals surface area contributed by atoms with Crippen molar-refractivity contribution in [2.75, 3.05) is 17.2 Å². The number of hydrogen-bond acceptors (Lipinski definition) is 7. The van der Waals surface area contributed by atoms with Crippen LogP contribution in [0.3, 0.4) is 0 Å². The molecule has 8 heteroatoms. The van der Waals surface area contributed by atoms with E-state index in [0.29, 0.717) is 5.16 Å². The molecule has 2 rings (SSSR count). The summed E-state index contributed by atoms with van der Waals surface area (Å²) in [7, 11) is 0. The molecule has 0 fully saturated rings. The quantitative estimate of drug-likeness (QED) is 0.661. The lowest BCUT2D eigenvalue weighted by atomic mass is 10.0. The van der Waals surface area contributed by atoms with Crippen LogP contribution in [0.2, 0.25) is 0 Å². The van der Waals surface area contributed by atoms with Gasteiger partial charge in [0.25, 0.3) is 0 Å². The molecule has 2 aromatic rings. The van der Waals surface area contributed by atoms with Gasteiger partial charge in [0.2, 0.25) is 17.8 Å². The molecule has 1 unspecified atom stereocenters. The highest BCUT2D eigenvalue weighted by molar-refractivity contribution is 7.99. The zero-order valence-electron chi connectivity index (χ0n) is 12.9. The van der Waals surface area contributed by atoms with Gasteiger partial charge in [-0.1, -0.05) is 55.4 Å². The van der Waals surface area contributed by atoms with Gasteiger partial charge in [-0.25, -0.2) is 0 Å². The van der Waals surface area contributed by atoms with Crippen LogP contribution in [-0.2, 0) is 4.79 Å². The number of nitrogen functional groups attached to an aromatic ring is 2. The smallest absolute Gasteiger partial charge is 0.230 e. The zero-order chi connectivity index (χ0) is 16.7. The Labute approximate surface area is 139 Å². The first kappa shape index (κ1) is 17.0. The van der Waals surface area contributed by atoms with Crippen molar-refractivity contribution in [3.8, 4) is 0 Å². The van der Waals surface area contributed by atoms with E-state index < -0.39 is 0 Å². The highest BCUT2D eigenvalue weighted by Crippen LogP contribution is 2.19. The topological polar surface area (TPSA) is 120 Å². The summed E-state index contributed by atoms with van der Waals surface area (Å²) in [4.78, 5) is 23.7. The van der Waals surface area contributed by atoms with Gasteiger partial charge in [-0.05, 0) is 12.0 Å². The largest absolute Gasteiger partial charge is 0.368 e. The first-order chi connectivity index (χ1) is 11.1. The highest BCUT2D eigenvalue weighted by Gasteiger charge is 2.14. The number of anilines is 2. The molecule has 0 spiro atoms. The molecule has 122 valence electrons. The summed E-state index contributed by atoms with van der Waals surface area (Å²) in [6.07, 6.45) is 1.86. The first-order valence-electron chi connectivity index (χ1n) is 7.32. The Morgan fingerprint density at radius 1 is 1.17 bits per heavy atom. The third kappa shape index (κ3) is 5.41. The van der Waals surface area contributed by atoms with Crippen LogP contribution in [0.1, 0.15) is 31.4 Å². The van der Waals surface area contributed by atoms with E-state index in [1.54, 1.807) is 0 Å². The van der Waals surface area contributed by atoms with Crippen LogP contribution in [0.25, 0.3) is 0 Å². The lowest BCUT2D eigenvalue weighted by molar-refractivity contribution is -0.119. The van der Waals surface area contributed by atoms with Crippen molar-refractivity contribution in [2.24, 2.45) is 0 Å². The van der Waals surface area contributed by atoms with Crippen LogP contribution >= 0.6 is 11.8 Å². The number of nitrogens with zero attached hydrogens (tertiary/aromatic N) is 3. The summed E-state index contributed by atoms with van der Waals surface area (Å²) in [5.41, 5.74) is 12.1. The Morgan fingerprint density at radius 2 is 1.83 bits per heavy atom. The Hall–Kier alpha value is -2.35. The van der Waals surface area contributed by atoms with Gasteiger partial charge in [-0.3, -0.25) is 4.79 Å². The van der Waals surface area contributed by atoms with E-state index in [9.17, 15) is 4.79 Å². The second-order valence-electron chi connectivity index (χ2n) is 4.94. The maximum Gasteiger partial charge on any atom is 0.230 e. The van der Waals surface area contributed by atoms with Crippen LogP contribution in [0.15, 0.2) is 35.5 Å². The molecule has 1 aromatic heterocycles. The number of aromatic nitrogens is 3. The summed E-state index contributed by atoms with van der Waals surface area (Å²) >= 11 is 1.18. The number of hydrogen-bond donors (Lipinski definition) is 3. The summed E-state index contributed by atoms with van der Waals surface area (Å²) in [5.74, 6) is 0.201. The molecule has 0 aliphatic heterocycles. The normalized spacial score (nSPS) is 11.9. The van der Waals surface area contributed by atoms with Crippen molar-refractivity contribution in [1.82, 2.24) is 20.3 Å². The molecule has 23 heavy (non-hydrogen) atoms. The van der Waals surface area contributed by atoms with E-state index in [-0.39, 0.29) is 29.6 Å². The maximum atomic E-state index is 12.2. The standard InChI is InChI=1S/C15H20N6OS/c1-2-6-11(10-7-4-3-5-8-10)18-12(22)9-23-15-20-13(16)19-14(17)21-15/h3-5,7-8,11H,2,6,9H2,1H3,(H,18,22)(H4,16,17,19,20,21). The number of benzene rings is 1. The van der Waals surface area contributed by atoms with Crippen molar-refractivity contribution in [3.05, 3.63) is 35.9 Å². The molecule has 0 bridgehead atoms. The van der Waals surface area contributed by atoms with Gasteiger partial charge in [0.1, 0.15) is 0 Å². The van der Waals surface area contributed by atoms with Gasteiger partial charge in [0.05, 0.1) is 11.8 Å². The van der Waals surface area contributed by atoms with Crippen LogP contribution in [0.5, 0.6) is 0 Å². The average molecular weight is 332 g/mol. The molecular formula is C15H20N6OS. The lowest BCUT2D eigenvalue weighted by Crippen LogP contribution is -2.30. The van der Waals surface area contributed by atoms with Crippen molar-refractivity contribution in [3.63, 3.8) is 0 Å². The fourth-order valence-electron chi connectivity index (χ4n) is 2.12. The summed E-state index contributed by atoms with van der Waals surface area (Å²) in [6.45, 7) is 2.09. The molecule has 1 atom stereocenters. The van der Waals surface area contributed by atoms with E-state index in [4.69, 9.17) is 11.5 Å². The summed E-state index contributed by atoms with van der Waals surface area (Å²) < 4.78 is 0. The highest BCUT2D eigenvalue weighted by atomic mass is 32.2. The van der Waals surface area contributed by atoms with E-state index in [0.717, 1.165) is 18.4 Å². The molecule has 0 aliphatic rings. The SMILES string of the molecule is CCCC(NC(=O)CSc1nc(N)nc(N)n1)c1ccccc1. The fourth-order valence-corrected chi connectivity index (χ4v) is 2.77. The van der Waals surface area contributed by atoms with Crippen LogP contribution in [-0.4, -0.2) is 26.6 Å². The maximum absolute atomic E-state index is 12.2.